The highest BCUT2D eigenvalue weighted by molar-refractivity contribution is 7.75. The molecule has 1 N–H and O–H groups in total. The lowest BCUT2D eigenvalue weighted by Crippen LogP contribution is -2.10. The minimum absolute atomic E-state index is 0. The van der Waals surface area contributed by atoms with Crippen LogP contribution in [0.4, 0.5) is 0 Å². The van der Waals surface area contributed by atoms with Gasteiger partial charge in [0.15, 0.2) is 0 Å². The summed E-state index contributed by atoms with van der Waals surface area (Å²) in [5, 5.41) is 0. The summed E-state index contributed by atoms with van der Waals surface area (Å²) in [6.45, 7) is 7.06. The van der Waals surface area contributed by atoms with Gasteiger partial charge >= 0.3 is 0 Å². The standard InChI is InChI=1S/C16H28P.H2O/c1-4-12-17(13-5-2,14-6-3)15-16-10-8-7-9-11-16;/h7-11H,4-6,12-15H2,1-3H3;1H2/q+1;/p-1. The van der Waals surface area contributed by atoms with E-state index in [0.29, 0.717) is 0 Å². The van der Waals surface area contributed by atoms with Crippen molar-refractivity contribution in [2.45, 2.75) is 46.2 Å². The maximum Gasteiger partial charge on any atom is 0.0842 e. The third-order valence-electron chi connectivity index (χ3n) is 3.45. The monoisotopic (exact) mass is 268 g/mol. The van der Waals surface area contributed by atoms with E-state index in [0.717, 1.165) is 0 Å². The first-order valence-corrected chi connectivity index (χ1v) is 9.68. The topological polar surface area (TPSA) is 30.0 Å². The average Bonchev–Trinajstić information content (AvgIpc) is 2.31. The zero-order valence-corrected chi connectivity index (χ0v) is 13.1. The molecule has 1 nitrogen and oxygen atoms in total. The summed E-state index contributed by atoms with van der Waals surface area (Å²) >= 11 is 0. The van der Waals surface area contributed by atoms with Crippen LogP contribution in [0.5, 0.6) is 0 Å². The van der Waals surface area contributed by atoms with Gasteiger partial charge in [-0.2, -0.15) is 0 Å². The molecule has 0 amide bonds. The normalized spacial score (nSPS) is 11.1. The van der Waals surface area contributed by atoms with E-state index in [4.69, 9.17) is 0 Å². The second-order valence-corrected chi connectivity index (χ2v) is 9.50. The first-order chi connectivity index (χ1) is 8.26. The van der Waals surface area contributed by atoms with Gasteiger partial charge in [0.1, 0.15) is 0 Å². The number of rotatable bonds is 8. The Labute approximate surface area is 114 Å². The maximum absolute atomic E-state index is 2.35. The molecule has 0 atom stereocenters. The molecule has 0 aliphatic heterocycles. The fourth-order valence-corrected chi connectivity index (χ4v) is 7.94. The number of hydrogen-bond acceptors (Lipinski definition) is 1. The van der Waals surface area contributed by atoms with Crippen molar-refractivity contribution in [3.8, 4) is 0 Å². The molecule has 18 heavy (non-hydrogen) atoms. The Morgan fingerprint density at radius 1 is 0.778 bits per heavy atom. The number of benzene rings is 1. The Kier molecular flexibility index (Phi) is 9.32. The maximum atomic E-state index is 2.35. The van der Waals surface area contributed by atoms with E-state index in [9.17, 15) is 0 Å². The summed E-state index contributed by atoms with van der Waals surface area (Å²) < 4.78 is 0. The first-order valence-electron chi connectivity index (χ1n) is 7.15. The van der Waals surface area contributed by atoms with Gasteiger partial charge in [-0.25, -0.2) is 0 Å². The summed E-state index contributed by atoms with van der Waals surface area (Å²) in [6, 6.07) is 11.1. The molecule has 0 saturated carbocycles. The lowest BCUT2D eigenvalue weighted by atomic mass is 10.2. The quantitative estimate of drug-likeness (QED) is 0.591. The van der Waals surface area contributed by atoms with Gasteiger partial charge in [-0.1, -0.05) is 51.1 Å². The van der Waals surface area contributed by atoms with Crippen molar-refractivity contribution in [3.63, 3.8) is 0 Å². The minimum Gasteiger partial charge on any atom is -0.870 e. The summed E-state index contributed by atoms with van der Waals surface area (Å²) in [5.74, 6) is 0. The highest BCUT2D eigenvalue weighted by Gasteiger charge is 2.34. The van der Waals surface area contributed by atoms with Crippen LogP contribution in [0.1, 0.15) is 45.6 Å². The van der Waals surface area contributed by atoms with Crippen molar-refractivity contribution in [3.05, 3.63) is 35.9 Å². The molecule has 1 aromatic rings. The third kappa shape index (κ3) is 5.50. The van der Waals surface area contributed by atoms with E-state index in [-0.39, 0.29) is 5.48 Å². The molecule has 0 unspecified atom stereocenters. The largest absolute Gasteiger partial charge is 0.870 e. The fraction of sp³-hybridized carbons (Fsp3) is 0.625. The molecule has 0 saturated heterocycles. The Morgan fingerprint density at radius 2 is 1.22 bits per heavy atom. The molecule has 0 heterocycles. The van der Waals surface area contributed by atoms with E-state index in [1.165, 1.54) is 43.9 Å². The molecular formula is C16H29OP. The van der Waals surface area contributed by atoms with Crippen LogP contribution in [0.15, 0.2) is 30.3 Å². The summed E-state index contributed by atoms with van der Waals surface area (Å²) in [4.78, 5) is 0. The van der Waals surface area contributed by atoms with Crippen LogP contribution in [0.2, 0.25) is 0 Å². The van der Waals surface area contributed by atoms with E-state index >= 15 is 0 Å². The smallest absolute Gasteiger partial charge is 0.0842 e. The van der Waals surface area contributed by atoms with Crippen molar-refractivity contribution in [2.24, 2.45) is 0 Å². The van der Waals surface area contributed by atoms with Gasteiger partial charge in [-0.15, -0.1) is 0 Å². The first kappa shape index (κ1) is 17.6. The lowest BCUT2D eigenvalue weighted by molar-refractivity contribution is 0.824. The van der Waals surface area contributed by atoms with Crippen LogP contribution in [-0.2, 0) is 6.16 Å². The van der Waals surface area contributed by atoms with Gasteiger partial charge in [0.25, 0.3) is 0 Å². The highest BCUT2D eigenvalue weighted by atomic mass is 31.2. The Morgan fingerprint density at radius 3 is 1.61 bits per heavy atom. The van der Waals surface area contributed by atoms with Crippen LogP contribution in [-0.4, -0.2) is 24.0 Å². The third-order valence-corrected chi connectivity index (χ3v) is 8.68. The van der Waals surface area contributed by atoms with Crippen LogP contribution < -0.4 is 0 Å². The van der Waals surface area contributed by atoms with E-state index in [1.807, 2.05) is 0 Å². The van der Waals surface area contributed by atoms with Gasteiger partial charge in [-0.3, -0.25) is 0 Å². The lowest BCUT2D eigenvalue weighted by Gasteiger charge is -2.27. The molecule has 1 rings (SSSR count). The molecule has 0 aromatic heterocycles. The SMILES string of the molecule is CCC[P+](CCC)(CCC)Cc1ccccc1.[OH-]. The van der Waals surface area contributed by atoms with Gasteiger partial charge in [0, 0.05) is 7.26 Å². The fourth-order valence-electron chi connectivity index (χ4n) is 2.97. The van der Waals surface area contributed by atoms with Crippen molar-refractivity contribution >= 4 is 7.26 Å². The van der Waals surface area contributed by atoms with Crippen molar-refractivity contribution in [1.82, 2.24) is 0 Å². The van der Waals surface area contributed by atoms with E-state index < -0.39 is 7.26 Å². The summed E-state index contributed by atoms with van der Waals surface area (Å²) in [7, 11) is -0.718. The summed E-state index contributed by atoms with van der Waals surface area (Å²) in [6.07, 6.45) is 9.93. The van der Waals surface area contributed by atoms with Crippen molar-refractivity contribution < 1.29 is 5.48 Å². The van der Waals surface area contributed by atoms with Crippen LogP contribution in [0.25, 0.3) is 0 Å². The van der Waals surface area contributed by atoms with Gasteiger partial charge in [0.05, 0.1) is 24.6 Å². The summed E-state index contributed by atoms with van der Waals surface area (Å²) in [5.41, 5.74) is 1.57. The van der Waals surface area contributed by atoms with Gasteiger partial charge in [0.2, 0.25) is 0 Å². The predicted octanol–water partition coefficient (Wildman–Crippen LogP) is 5.26. The van der Waals surface area contributed by atoms with Crippen LogP contribution >= 0.6 is 7.26 Å². The van der Waals surface area contributed by atoms with Crippen molar-refractivity contribution in [1.29, 1.82) is 0 Å². The molecule has 0 fully saturated rings. The molecular weight excluding hydrogens is 239 g/mol. The van der Waals surface area contributed by atoms with Crippen LogP contribution in [0.3, 0.4) is 0 Å². The Hall–Kier alpha value is -0.390. The van der Waals surface area contributed by atoms with Gasteiger partial charge < -0.3 is 5.48 Å². The molecule has 0 aliphatic carbocycles. The van der Waals surface area contributed by atoms with Crippen molar-refractivity contribution in [2.75, 3.05) is 18.5 Å². The molecule has 1 aromatic carbocycles. The molecule has 0 bridgehead atoms. The average molecular weight is 268 g/mol. The number of hydrogen-bond donors (Lipinski definition) is 0. The van der Waals surface area contributed by atoms with Gasteiger partial charge in [-0.05, 0) is 24.8 Å². The molecule has 104 valence electrons. The Balaban J connectivity index is 0.00000289. The van der Waals surface area contributed by atoms with E-state index in [2.05, 4.69) is 51.1 Å². The van der Waals surface area contributed by atoms with E-state index in [1.54, 1.807) is 5.56 Å². The second kappa shape index (κ2) is 9.53. The molecule has 0 radical (unpaired) electrons. The zero-order chi connectivity index (χ0) is 12.6. The molecule has 2 heteroatoms. The second-order valence-electron chi connectivity index (χ2n) is 5.16. The highest BCUT2D eigenvalue weighted by Crippen LogP contribution is 2.62. The molecule has 0 aliphatic rings. The van der Waals surface area contributed by atoms with Crippen LogP contribution in [0, 0.1) is 0 Å². The zero-order valence-electron chi connectivity index (χ0n) is 12.2. The molecule has 0 spiro atoms. The Bertz CT molecular complexity index is 280. The predicted molar refractivity (Wildman–Crippen MR) is 84.5 cm³/mol. The minimum atomic E-state index is -0.718.